The van der Waals surface area contributed by atoms with Gasteiger partial charge in [-0.1, -0.05) is 51.1 Å². The molecule has 3 N–H and O–H groups in total. The fourth-order valence-electron chi connectivity index (χ4n) is 5.35. The Morgan fingerprint density at radius 1 is 0.833 bits per heavy atom. The molecule has 42 heavy (non-hydrogen) atoms. The van der Waals surface area contributed by atoms with Gasteiger partial charge >= 0.3 is 6.03 Å². The third-order valence-electron chi connectivity index (χ3n) is 7.80. The fraction of sp³-hybridized carbons (Fsp3) is 0.394. The largest absolute Gasteiger partial charge is 0.495 e. The van der Waals surface area contributed by atoms with Crippen molar-refractivity contribution in [3.8, 4) is 5.75 Å². The van der Waals surface area contributed by atoms with Crippen LogP contribution in [0.3, 0.4) is 0 Å². The first-order valence-corrected chi connectivity index (χ1v) is 14.9. The second kappa shape index (κ2) is 15.1. The summed E-state index contributed by atoms with van der Waals surface area (Å²) >= 11 is 0. The van der Waals surface area contributed by atoms with Crippen LogP contribution >= 0.6 is 0 Å². The molecule has 9 heteroatoms. The summed E-state index contributed by atoms with van der Waals surface area (Å²) in [6, 6.07) is 21.0. The number of nitrogens with zero attached hydrogens (tertiary/aromatic N) is 3. The van der Waals surface area contributed by atoms with Crippen LogP contribution in [0.1, 0.15) is 36.7 Å². The van der Waals surface area contributed by atoms with Crippen molar-refractivity contribution in [2.75, 3.05) is 79.9 Å². The highest BCUT2D eigenvalue weighted by atomic mass is 16.5. The summed E-state index contributed by atoms with van der Waals surface area (Å²) in [6.45, 7) is 12.6. The van der Waals surface area contributed by atoms with E-state index in [1.54, 1.807) is 13.2 Å². The number of para-hydroxylation sites is 3. The maximum absolute atomic E-state index is 13.5. The minimum Gasteiger partial charge on any atom is -0.495 e. The van der Waals surface area contributed by atoms with Crippen molar-refractivity contribution in [1.82, 2.24) is 10.2 Å². The van der Waals surface area contributed by atoms with E-state index < -0.39 is 0 Å². The zero-order chi connectivity index (χ0) is 29.9. The van der Waals surface area contributed by atoms with Gasteiger partial charge in [0.2, 0.25) is 0 Å². The van der Waals surface area contributed by atoms with Crippen LogP contribution in [0.25, 0.3) is 0 Å². The van der Waals surface area contributed by atoms with Crippen LogP contribution in [0.4, 0.5) is 27.5 Å². The SMILES string of the molecule is CCc1ccccc1NC(=O)Nc1ccc(N2CCN(c3ccccc3OC)CC2)c(C(=O)NCCN(CC)CC)c1. The minimum atomic E-state index is -0.345. The minimum absolute atomic E-state index is 0.148. The standard InChI is InChI=1S/C33H44N6O3/c1-5-25-12-8-9-13-28(25)36-33(41)35-26-16-17-29(27(24-26)32(40)34-18-19-37(6-2)7-3)38-20-22-39(23-21-38)30-14-10-11-15-31(30)42-4/h8-17,24H,5-7,18-23H2,1-4H3,(H,34,40)(H2,35,36,41). The first kappa shape index (κ1) is 30.7. The summed E-state index contributed by atoms with van der Waals surface area (Å²) in [7, 11) is 1.69. The number of aryl methyl sites for hydroxylation is 1. The molecule has 1 saturated heterocycles. The Kier molecular flexibility index (Phi) is 11.1. The van der Waals surface area contributed by atoms with E-state index in [0.29, 0.717) is 17.8 Å². The van der Waals surface area contributed by atoms with Gasteiger partial charge in [-0.25, -0.2) is 4.79 Å². The van der Waals surface area contributed by atoms with Crippen LogP contribution in [-0.2, 0) is 6.42 Å². The van der Waals surface area contributed by atoms with Crippen molar-refractivity contribution in [3.63, 3.8) is 0 Å². The molecule has 0 saturated carbocycles. The third kappa shape index (κ3) is 7.73. The number of likely N-dealkylation sites (N-methyl/N-ethyl adjacent to an activating group) is 1. The molecule has 1 aliphatic rings. The van der Waals surface area contributed by atoms with Gasteiger partial charge in [-0.15, -0.1) is 0 Å². The van der Waals surface area contributed by atoms with E-state index in [0.717, 1.165) is 80.6 Å². The topological polar surface area (TPSA) is 89.2 Å². The van der Waals surface area contributed by atoms with Crippen molar-refractivity contribution in [1.29, 1.82) is 0 Å². The second-order valence-electron chi connectivity index (χ2n) is 10.3. The number of hydrogen-bond donors (Lipinski definition) is 3. The Hall–Kier alpha value is -4.24. The molecule has 0 aliphatic carbocycles. The van der Waals surface area contributed by atoms with Crippen LogP contribution in [-0.4, -0.2) is 76.3 Å². The van der Waals surface area contributed by atoms with Gasteiger partial charge in [0.25, 0.3) is 5.91 Å². The molecule has 0 spiro atoms. The first-order chi connectivity index (χ1) is 20.5. The highest BCUT2D eigenvalue weighted by Crippen LogP contribution is 2.31. The summed E-state index contributed by atoms with van der Waals surface area (Å²) in [4.78, 5) is 33.3. The lowest BCUT2D eigenvalue weighted by Gasteiger charge is -2.38. The molecule has 0 unspecified atom stereocenters. The van der Waals surface area contributed by atoms with E-state index in [4.69, 9.17) is 4.74 Å². The van der Waals surface area contributed by atoms with E-state index in [9.17, 15) is 9.59 Å². The van der Waals surface area contributed by atoms with Crippen LogP contribution in [0, 0.1) is 0 Å². The van der Waals surface area contributed by atoms with Gasteiger partial charge in [0.1, 0.15) is 5.75 Å². The van der Waals surface area contributed by atoms with Gasteiger partial charge in [0.05, 0.1) is 18.4 Å². The number of hydrogen-bond acceptors (Lipinski definition) is 6. The van der Waals surface area contributed by atoms with Gasteiger partial charge in [0.15, 0.2) is 0 Å². The summed E-state index contributed by atoms with van der Waals surface area (Å²) < 4.78 is 5.57. The molecular formula is C33H44N6O3. The summed E-state index contributed by atoms with van der Waals surface area (Å²) in [5, 5.41) is 8.97. The maximum Gasteiger partial charge on any atom is 0.323 e. The molecule has 4 rings (SSSR count). The third-order valence-corrected chi connectivity index (χ3v) is 7.80. The molecular weight excluding hydrogens is 528 g/mol. The Labute approximate surface area is 249 Å². The number of methoxy groups -OCH3 is 1. The molecule has 0 atom stereocenters. The van der Waals surface area contributed by atoms with Gasteiger partial charge in [0, 0.05) is 56.3 Å². The Morgan fingerprint density at radius 2 is 1.50 bits per heavy atom. The average Bonchev–Trinajstić information content (AvgIpc) is 3.03. The number of carbonyl (C=O) groups excluding carboxylic acids is 2. The van der Waals surface area contributed by atoms with Crippen molar-refractivity contribution in [3.05, 3.63) is 77.9 Å². The number of benzene rings is 3. The molecule has 9 nitrogen and oxygen atoms in total. The summed E-state index contributed by atoms with van der Waals surface area (Å²) in [6.07, 6.45) is 0.813. The van der Waals surface area contributed by atoms with Crippen LogP contribution < -0.4 is 30.5 Å². The lowest BCUT2D eigenvalue weighted by atomic mass is 10.1. The van der Waals surface area contributed by atoms with E-state index in [2.05, 4.69) is 57.5 Å². The van der Waals surface area contributed by atoms with Gasteiger partial charge < -0.3 is 35.4 Å². The van der Waals surface area contributed by atoms with Crippen LogP contribution in [0.5, 0.6) is 5.75 Å². The van der Waals surface area contributed by atoms with E-state index in [1.165, 1.54) is 0 Å². The van der Waals surface area contributed by atoms with Crippen LogP contribution in [0.15, 0.2) is 66.7 Å². The number of carbonyl (C=O) groups is 2. The smallest absolute Gasteiger partial charge is 0.323 e. The Morgan fingerprint density at radius 3 is 2.19 bits per heavy atom. The number of urea groups is 1. The van der Waals surface area contributed by atoms with Gasteiger partial charge in [-0.3, -0.25) is 4.79 Å². The van der Waals surface area contributed by atoms with Crippen molar-refractivity contribution >= 4 is 34.7 Å². The predicted molar refractivity (Wildman–Crippen MR) is 172 cm³/mol. The van der Waals surface area contributed by atoms with Gasteiger partial charge in [-0.05, 0) is 61.5 Å². The van der Waals surface area contributed by atoms with E-state index >= 15 is 0 Å². The molecule has 0 bridgehead atoms. The first-order valence-electron chi connectivity index (χ1n) is 14.9. The molecule has 3 aromatic rings. The number of ether oxygens (including phenoxy) is 1. The molecule has 0 radical (unpaired) electrons. The molecule has 224 valence electrons. The number of rotatable bonds is 12. The molecule has 1 fully saturated rings. The predicted octanol–water partition coefficient (Wildman–Crippen LogP) is 5.30. The average molecular weight is 573 g/mol. The molecule has 3 amide bonds. The quantitative estimate of drug-likeness (QED) is 0.273. The monoisotopic (exact) mass is 572 g/mol. The van der Waals surface area contributed by atoms with Crippen molar-refractivity contribution in [2.24, 2.45) is 0 Å². The summed E-state index contributed by atoms with van der Waals surface area (Å²) in [5.41, 5.74) is 4.88. The number of piperazine rings is 1. The number of anilines is 4. The van der Waals surface area contributed by atoms with Crippen LogP contribution in [0.2, 0.25) is 0 Å². The highest BCUT2D eigenvalue weighted by Gasteiger charge is 2.24. The van der Waals surface area contributed by atoms with E-state index in [1.807, 2.05) is 54.6 Å². The zero-order valence-electron chi connectivity index (χ0n) is 25.3. The second-order valence-corrected chi connectivity index (χ2v) is 10.3. The molecule has 1 heterocycles. The maximum atomic E-state index is 13.5. The van der Waals surface area contributed by atoms with Crippen molar-refractivity contribution in [2.45, 2.75) is 27.2 Å². The number of nitrogens with one attached hydrogen (secondary N) is 3. The van der Waals surface area contributed by atoms with Crippen molar-refractivity contribution < 1.29 is 14.3 Å². The molecule has 0 aromatic heterocycles. The Balaban J connectivity index is 1.51. The summed E-state index contributed by atoms with van der Waals surface area (Å²) in [5.74, 6) is 0.708. The normalized spacial score (nSPS) is 13.2. The Bertz CT molecular complexity index is 1330. The lowest BCUT2D eigenvalue weighted by Crippen LogP contribution is -2.47. The fourth-order valence-corrected chi connectivity index (χ4v) is 5.35. The lowest BCUT2D eigenvalue weighted by molar-refractivity contribution is 0.0949. The molecule has 1 aliphatic heterocycles. The zero-order valence-corrected chi connectivity index (χ0v) is 25.3. The van der Waals surface area contributed by atoms with E-state index in [-0.39, 0.29) is 11.9 Å². The highest BCUT2D eigenvalue weighted by molar-refractivity contribution is 6.04. The van der Waals surface area contributed by atoms with Gasteiger partial charge in [-0.2, -0.15) is 0 Å². The number of amides is 3. The molecule has 3 aromatic carbocycles.